The molecule has 0 atom stereocenters. The molecular weight excluding hydrogens is 907 g/mol. The van der Waals surface area contributed by atoms with Gasteiger partial charge in [-0.25, -0.2) is 0 Å². The van der Waals surface area contributed by atoms with Crippen molar-refractivity contribution < 1.29 is 0 Å². The monoisotopic (exact) mass is 953 g/mol. The molecule has 0 saturated heterocycles. The number of hydrogen-bond donors (Lipinski definition) is 0. The Bertz CT molecular complexity index is 4670. The molecule has 3 heteroatoms. The Balaban J connectivity index is 0.976. The first-order valence-electron chi connectivity index (χ1n) is 25.8. The zero-order valence-electron chi connectivity index (χ0n) is 41.0. The standard InChI is InChI=1S/C72H47N3/c1-4-23-57(24-5-1)73(67-33-17-21-48-18-10-13-30-61(48)67)60-29-16-22-51(45-60)54-42-55(52-35-38-64-65-39-34-50-20-12-15-32-63(50)72(65)75(69(64)46-52)59-27-8-3-9-28-59)44-56(43-54)53-36-40-66-70(47-53)74(58-25-6-2-7-26-58)68-41-37-49-19-11-14-31-62(49)71(66)68/h1-47H. The van der Waals surface area contributed by atoms with Crippen LogP contribution < -0.4 is 4.90 Å². The lowest BCUT2D eigenvalue weighted by Gasteiger charge is -2.27. The molecule has 0 saturated carbocycles. The molecule has 3 nitrogen and oxygen atoms in total. The molecule has 2 aromatic heterocycles. The molecule has 15 rings (SSSR count). The number of anilines is 3. The molecule has 0 spiro atoms. The van der Waals surface area contributed by atoms with Crippen LogP contribution in [0.25, 0.3) is 121 Å². The quantitative estimate of drug-likeness (QED) is 0.148. The van der Waals surface area contributed by atoms with E-state index in [4.69, 9.17) is 0 Å². The molecule has 350 valence electrons. The summed E-state index contributed by atoms with van der Waals surface area (Å²) in [5.74, 6) is 0. The van der Waals surface area contributed by atoms with Crippen LogP contribution in [0.4, 0.5) is 17.1 Å². The first-order chi connectivity index (χ1) is 37.2. The highest BCUT2D eigenvalue weighted by atomic mass is 15.1. The van der Waals surface area contributed by atoms with Crippen LogP contribution in [0, 0.1) is 0 Å². The third-order valence-corrected chi connectivity index (χ3v) is 15.4. The summed E-state index contributed by atoms with van der Waals surface area (Å²) in [6.45, 7) is 0. The minimum absolute atomic E-state index is 1.09. The predicted octanol–water partition coefficient (Wildman–Crippen LogP) is 19.8. The van der Waals surface area contributed by atoms with Crippen molar-refractivity contribution >= 4 is 93.0 Å². The minimum atomic E-state index is 1.09. The third kappa shape index (κ3) is 7.05. The maximum atomic E-state index is 2.47. The fraction of sp³-hybridized carbons (Fsp3) is 0. The van der Waals surface area contributed by atoms with Gasteiger partial charge in [-0.2, -0.15) is 0 Å². The second kappa shape index (κ2) is 17.4. The highest BCUT2D eigenvalue weighted by Gasteiger charge is 2.21. The van der Waals surface area contributed by atoms with Crippen LogP contribution in [-0.4, -0.2) is 9.13 Å². The largest absolute Gasteiger partial charge is 0.310 e. The van der Waals surface area contributed by atoms with E-state index < -0.39 is 0 Å². The van der Waals surface area contributed by atoms with E-state index >= 15 is 0 Å². The Morgan fingerprint density at radius 3 is 1.41 bits per heavy atom. The minimum Gasteiger partial charge on any atom is -0.310 e. The highest BCUT2D eigenvalue weighted by Crippen LogP contribution is 2.45. The molecule has 0 aliphatic heterocycles. The number of benzene rings is 13. The fourth-order valence-electron chi connectivity index (χ4n) is 12.0. The molecule has 15 aromatic rings. The summed E-state index contributed by atoms with van der Waals surface area (Å²) >= 11 is 0. The lowest BCUT2D eigenvalue weighted by atomic mass is 9.92. The Morgan fingerprint density at radius 2 is 0.720 bits per heavy atom. The Kier molecular flexibility index (Phi) is 9.89. The zero-order chi connectivity index (χ0) is 49.4. The molecule has 0 N–H and O–H groups in total. The average Bonchev–Trinajstić information content (AvgIpc) is 4.07. The van der Waals surface area contributed by atoms with Gasteiger partial charge in [-0.1, -0.05) is 194 Å². The van der Waals surface area contributed by atoms with Gasteiger partial charge >= 0.3 is 0 Å². The number of hydrogen-bond acceptors (Lipinski definition) is 1. The molecule has 0 amide bonds. The van der Waals surface area contributed by atoms with Crippen molar-refractivity contribution in [1.82, 2.24) is 9.13 Å². The van der Waals surface area contributed by atoms with Gasteiger partial charge in [0.25, 0.3) is 0 Å². The summed E-state index contributed by atoms with van der Waals surface area (Å²) in [5, 5.41) is 12.4. The van der Waals surface area contributed by atoms with Crippen LogP contribution in [0.1, 0.15) is 0 Å². The van der Waals surface area contributed by atoms with Crippen molar-refractivity contribution in [2.45, 2.75) is 0 Å². The number of fused-ring (bicyclic) bond motifs is 11. The number of para-hydroxylation sites is 3. The summed E-state index contributed by atoms with van der Waals surface area (Å²) in [5.41, 5.74) is 17.2. The molecule has 2 heterocycles. The van der Waals surface area contributed by atoms with Gasteiger partial charge in [0, 0.05) is 55.1 Å². The number of rotatable bonds is 8. The van der Waals surface area contributed by atoms with Crippen molar-refractivity contribution in [3.63, 3.8) is 0 Å². The van der Waals surface area contributed by atoms with Crippen molar-refractivity contribution in [3.05, 3.63) is 285 Å². The second-order valence-electron chi connectivity index (χ2n) is 19.7. The first kappa shape index (κ1) is 42.7. The molecule has 0 unspecified atom stereocenters. The van der Waals surface area contributed by atoms with E-state index in [1.165, 1.54) is 75.9 Å². The summed E-state index contributed by atoms with van der Waals surface area (Å²) in [7, 11) is 0. The van der Waals surface area contributed by atoms with Gasteiger partial charge in [-0.05, 0) is 146 Å². The van der Waals surface area contributed by atoms with Gasteiger partial charge in [-0.15, -0.1) is 0 Å². The van der Waals surface area contributed by atoms with Gasteiger partial charge < -0.3 is 14.0 Å². The summed E-state index contributed by atoms with van der Waals surface area (Å²) in [6, 6.07) is 105. The molecule has 0 fully saturated rings. The summed E-state index contributed by atoms with van der Waals surface area (Å²) < 4.78 is 4.91. The normalized spacial score (nSPS) is 11.7. The van der Waals surface area contributed by atoms with Crippen LogP contribution in [0.3, 0.4) is 0 Å². The number of aromatic nitrogens is 2. The van der Waals surface area contributed by atoms with Crippen LogP contribution in [0.5, 0.6) is 0 Å². The van der Waals surface area contributed by atoms with Gasteiger partial charge in [0.05, 0.1) is 27.8 Å². The lowest BCUT2D eigenvalue weighted by molar-refractivity contribution is 1.18. The fourth-order valence-corrected chi connectivity index (χ4v) is 12.0. The Labute approximate surface area is 434 Å². The Hall–Kier alpha value is -9.96. The van der Waals surface area contributed by atoms with Gasteiger partial charge in [0.2, 0.25) is 0 Å². The smallest absolute Gasteiger partial charge is 0.0619 e. The van der Waals surface area contributed by atoms with Crippen molar-refractivity contribution in [1.29, 1.82) is 0 Å². The lowest BCUT2D eigenvalue weighted by Crippen LogP contribution is -2.10. The van der Waals surface area contributed by atoms with Crippen LogP contribution in [-0.2, 0) is 0 Å². The highest BCUT2D eigenvalue weighted by molar-refractivity contribution is 6.22. The molecular formula is C72H47N3. The third-order valence-electron chi connectivity index (χ3n) is 15.4. The van der Waals surface area contributed by atoms with Gasteiger partial charge in [0.1, 0.15) is 0 Å². The van der Waals surface area contributed by atoms with E-state index in [2.05, 4.69) is 299 Å². The van der Waals surface area contributed by atoms with Crippen LogP contribution in [0.15, 0.2) is 285 Å². The summed E-state index contributed by atoms with van der Waals surface area (Å²) in [6.07, 6.45) is 0. The summed E-state index contributed by atoms with van der Waals surface area (Å²) in [4.78, 5) is 2.40. The maximum Gasteiger partial charge on any atom is 0.0619 e. The molecule has 13 aromatic carbocycles. The second-order valence-corrected chi connectivity index (χ2v) is 19.7. The maximum absolute atomic E-state index is 2.47. The number of nitrogens with zero attached hydrogens (tertiary/aromatic N) is 3. The van der Waals surface area contributed by atoms with E-state index in [1.54, 1.807) is 0 Å². The predicted molar refractivity (Wildman–Crippen MR) is 319 cm³/mol. The van der Waals surface area contributed by atoms with Crippen molar-refractivity contribution in [2.75, 3.05) is 4.90 Å². The Morgan fingerprint density at radius 1 is 0.240 bits per heavy atom. The van der Waals surface area contributed by atoms with Crippen LogP contribution in [0.2, 0.25) is 0 Å². The van der Waals surface area contributed by atoms with Crippen molar-refractivity contribution in [3.8, 4) is 44.8 Å². The van der Waals surface area contributed by atoms with E-state index in [9.17, 15) is 0 Å². The molecule has 0 aliphatic rings. The van der Waals surface area contributed by atoms with E-state index in [0.717, 1.165) is 61.8 Å². The molecule has 0 radical (unpaired) electrons. The van der Waals surface area contributed by atoms with E-state index in [-0.39, 0.29) is 0 Å². The first-order valence-corrected chi connectivity index (χ1v) is 25.8. The zero-order valence-corrected chi connectivity index (χ0v) is 41.0. The molecule has 0 aliphatic carbocycles. The van der Waals surface area contributed by atoms with Gasteiger partial charge in [0.15, 0.2) is 0 Å². The average molecular weight is 954 g/mol. The topological polar surface area (TPSA) is 13.1 Å². The van der Waals surface area contributed by atoms with Crippen LogP contribution >= 0.6 is 0 Å². The van der Waals surface area contributed by atoms with Crippen molar-refractivity contribution in [2.24, 2.45) is 0 Å². The SMILES string of the molecule is c1ccc(N(c2cccc(-c3cc(-c4ccc5c6c7ccccc7ccc6n(-c6ccccc6)c5c4)cc(-c4ccc5c6ccc7ccccc7c6n(-c6ccccc6)c5c4)c3)c2)c2cccc3ccccc23)cc1. The molecule has 75 heavy (non-hydrogen) atoms. The molecule has 0 bridgehead atoms. The van der Waals surface area contributed by atoms with E-state index in [1.807, 2.05) is 0 Å². The van der Waals surface area contributed by atoms with Gasteiger partial charge in [-0.3, -0.25) is 0 Å². The van der Waals surface area contributed by atoms with E-state index in [0.29, 0.717) is 0 Å².